The number of carbonyl (C=O) groups is 1. The van der Waals surface area contributed by atoms with Gasteiger partial charge in [0.1, 0.15) is 5.82 Å². The number of rotatable bonds is 7. The van der Waals surface area contributed by atoms with E-state index in [2.05, 4.69) is 15.1 Å². The minimum absolute atomic E-state index is 0.0734. The van der Waals surface area contributed by atoms with E-state index in [-0.39, 0.29) is 23.2 Å². The average molecular weight is 465 g/mol. The monoisotopic (exact) mass is 464 g/mol. The fraction of sp³-hybridized carbons (Fsp3) is 0.0833. The van der Waals surface area contributed by atoms with Crippen molar-refractivity contribution in [1.29, 1.82) is 0 Å². The molecule has 1 aromatic heterocycles. The van der Waals surface area contributed by atoms with Gasteiger partial charge in [-0.05, 0) is 67.7 Å². The summed E-state index contributed by atoms with van der Waals surface area (Å²) in [6, 6.07) is 21.2. The summed E-state index contributed by atoms with van der Waals surface area (Å²) in [5.74, 6) is -0.708. The van der Waals surface area contributed by atoms with Crippen LogP contribution in [0.4, 0.5) is 4.39 Å². The molecule has 7 nitrogen and oxygen atoms in total. The lowest BCUT2D eigenvalue weighted by molar-refractivity contribution is 0.0951. The predicted molar refractivity (Wildman–Crippen MR) is 123 cm³/mol. The van der Waals surface area contributed by atoms with Gasteiger partial charge in [0.2, 0.25) is 10.0 Å². The van der Waals surface area contributed by atoms with Crippen molar-refractivity contribution in [3.05, 3.63) is 102 Å². The number of aromatic nitrogens is 2. The van der Waals surface area contributed by atoms with Crippen LogP contribution in [0.25, 0.3) is 16.9 Å². The molecule has 0 aliphatic heterocycles. The molecule has 2 N–H and O–H groups in total. The first-order chi connectivity index (χ1) is 15.9. The molecule has 168 valence electrons. The van der Waals surface area contributed by atoms with Gasteiger partial charge in [0.05, 0.1) is 16.3 Å². The highest BCUT2D eigenvalue weighted by Crippen LogP contribution is 2.24. The van der Waals surface area contributed by atoms with Crippen molar-refractivity contribution in [3.8, 4) is 16.9 Å². The summed E-state index contributed by atoms with van der Waals surface area (Å²) in [5.41, 5.74) is 3.25. The van der Waals surface area contributed by atoms with Gasteiger partial charge >= 0.3 is 0 Å². The molecule has 0 aliphatic rings. The van der Waals surface area contributed by atoms with E-state index < -0.39 is 10.0 Å². The van der Waals surface area contributed by atoms with Crippen LogP contribution < -0.4 is 10.0 Å². The number of nitrogens with zero attached hydrogens (tertiary/aromatic N) is 2. The topological polar surface area (TPSA) is 93.1 Å². The molecule has 4 aromatic rings. The second kappa shape index (κ2) is 9.35. The van der Waals surface area contributed by atoms with Crippen molar-refractivity contribution < 1.29 is 17.6 Å². The molecule has 0 radical (unpaired) electrons. The Labute approximate surface area is 190 Å². The van der Waals surface area contributed by atoms with Crippen LogP contribution >= 0.6 is 0 Å². The first-order valence-electron chi connectivity index (χ1n) is 10.1. The number of amides is 1. The quantitative estimate of drug-likeness (QED) is 0.438. The molecular weight excluding hydrogens is 443 g/mol. The van der Waals surface area contributed by atoms with E-state index in [4.69, 9.17) is 0 Å². The van der Waals surface area contributed by atoms with Crippen LogP contribution in [0.5, 0.6) is 0 Å². The number of sulfonamides is 1. The van der Waals surface area contributed by atoms with Crippen LogP contribution in [0.3, 0.4) is 0 Å². The van der Waals surface area contributed by atoms with Crippen LogP contribution in [0.1, 0.15) is 15.9 Å². The van der Waals surface area contributed by atoms with Crippen molar-refractivity contribution in [3.63, 3.8) is 0 Å². The highest BCUT2D eigenvalue weighted by Gasteiger charge is 2.16. The molecule has 0 fully saturated rings. The molecule has 0 unspecified atom stereocenters. The lowest BCUT2D eigenvalue weighted by Gasteiger charge is -2.07. The number of nitrogens with one attached hydrogen (secondary N) is 2. The summed E-state index contributed by atoms with van der Waals surface area (Å²) in [6.07, 6.45) is 1.82. The zero-order valence-electron chi connectivity index (χ0n) is 17.7. The smallest absolute Gasteiger partial charge is 0.251 e. The minimum Gasteiger partial charge on any atom is -0.348 e. The predicted octanol–water partition coefficient (Wildman–Crippen LogP) is 3.52. The van der Waals surface area contributed by atoms with Gasteiger partial charge < -0.3 is 5.32 Å². The van der Waals surface area contributed by atoms with Crippen molar-refractivity contribution in [2.24, 2.45) is 0 Å². The average Bonchev–Trinajstić information content (AvgIpc) is 3.28. The van der Waals surface area contributed by atoms with Crippen LogP contribution in [-0.4, -0.2) is 31.2 Å². The Morgan fingerprint density at radius 2 is 1.64 bits per heavy atom. The fourth-order valence-corrected chi connectivity index (χ4v) is 4.01. The maximum absolute atomic E-state index is 13.4. The highest BCUT2D eigenvalue weighted by atomic mass is 32.2. The Morgan fingerprint density at radius 1 is 0.970 bits per heavy atom. The van der Waals surface area contributed by atoms with Gasteiger partial charge in [0.25, 0.3) is 5.91 Å². The van der Waals surface area contributed by atoms with E-state index in [1.54, 1.807) is 16.8 Å². The van der Waals surface area contributed by atoms with E-state index in [9.17, 15) is 17.6 Å². The second-order valence-electron chi connectivity index (χ2n) is 7.20. The molecule has 0 bridgehead atoms. The number of halogens is 1. The largest absolute Gasteiger partial charge is 0.348 e. The van der Waals surface area contributed by atoms with Gasteiger partial charge in [-0.1, -0.05) is 18.2 Å². The van der Waals surface area contributed by atoms with Gasteiger partial charge in [-0.3, -0.25) is 4.79 Å². The number of hydrogen-bond donors (Lipinski definition) is 2. The number of carbonyl (C=O) groups excluding carboxylic acids is 1. The van der Waals surface area contributed by atoms with Gasteiger partial charge in [-0.2, -0.15) is 5.10 Å². The van der Waals surface area contributed by atoms with Crippen LogP contribution in [0, 0.1) is 5.82 Å². The molecule has 1 heterocycles. The first-order valence-corrected chi connectivity index (χ1v) is 11.6. The van der Waals surface area contributed by atoms with Crippen molar-refractivity contribution >= 4 is 15.9 Å². The first kappa shape index (κ1) is 22.4. The molecular formula is C24H21FN4O3S. The van der Waals surface area contributed by atoms with E-state index in [0.717, 1.165) is 16.8 Å². The SMILES string of the molecule is CNS(=O)(=O)c1ccc(C(=O)NCc2cn(-c3ccccc3)nc2-c2ccc(F)cc2)cc1. The Kier molecular flexibility index (Phi) is 6.34. The second-order valence-corrected chi connectivity index (χ2v) is 9.09. The maximum atomic E-state index is 13.4. The van der Waals surface area contributed by atoms with E-state index in [1.807, 2.05) is 36.5 Å². The molecule has 0 spiro atoms. The minimum atomic E-state index is -3.58. The molecule has 9 heteroatoms. The summed E-state index contributed by atoms with van der Waals surface area (Å²) < 4.78 is 41.1. The van der Waals surface area contributed by atoms with Gasteiger partial charge in [-0.15, -0.1) is 0 Å². The van der Waals surface area contributed by atoms with Gasteiger partial charge in [-0.25, -0.2) is 22.2 Å². The number of benzene rings is 3. The third-order valence-corrected chi connectivity index (χ3v) is 6.49. The lowest BCUT2D eigenvalue weighted by Crippen LogP contribution is -2.23. The highest BCUT2D eigenvalue weighted by molar-refractivity contribution is 7.89. The standard InChI is InChI=1S/C24H21FN4O3S/c1-26-33(31,32)22-13-9-18(10-14-22)24(30)27-15-19-16-29(21-5-3-2-4-6-21)28-23(19)17-7-11-20(25)12-8-17/h2-14,16,26H,15H2,1H3,(H,27,30). The van der Waals surface area contributed by atoms with Crippen molar-refractivity contribution in [1.82, 2.24) is 19.8 Å². The fourth-order valence-electron chi connectivity index (χ4n) is 3.28. The normalized spacial score (nSPS) is 11.3. The summed E-state index contributed by atoms with van der Waals surface area (Å²) in [4.78, 5) is 12.7. The number of hydrogen-bond acceptors (Lipinski definition) is 4. The maximum Gasteiger partial charge on any atom is 0.251 e. The Hall–Kier alpha value is -3.82. The molecule has 3 aromatic carbocycles. The molecule has 0 aliphatic carbocycles. The van der Waals surface area contributed by atoms with Crippen molar-refractivity contribution in [2.45, 2.75) is 11.4 Å². The van der Waals surface area contributed by atoms with E-state index >= 15 is 0 Å². The van der Waals surface area contributed by atoms with Gasteiger partial charge in [0, 0.05) is 29.4 Å². The van der Waals surface area contributed by atoms with Crippen molar-refractivity contribution in [2.75, 3.05) is 7.05 Å². The molecule has 1 amide bonds. The third kappa shape index (κ3) is 5.00. The van der Waals surface area contributed by atoms with Crippen LogP contribution in [0.2, 0.25) is 0 Å². The zero-order chi connectivity index (χ0) is 23.4. The molecule has 0 atom stereocenters. The summed E-state index contributed by atoms with van der Waals surface area (Å²) in [5, 5.41) is 7.49. The summed E-state index contributed by atoms with van der Waals surface area (Å²) in [6.45, 7) is 0.176. The zero-order valence-corrected chi connectivity index (χ0v) is 18.5. The third-order valence-electron chi connectivity index (χ3n) is 5.06. The molecule has 4 rings (SSSR count). The number of para-hydroxylation sites is 1. The molecule has 33 heavy (non-hydrogen) atoms. The summed E-state index contributed by atoms with van der Waals surface area (Å²) >= 11 is 0. The van der Waals surface area contributed by atoms with E-state index in [0.29, 0.717) is 11.3 Å². The lowest BCUT2D eigenvalue weighted by atomic mass is 10.1. The van der Waals surface area contributed by atoms with Crippen LogP contribution in [-0.2, 0) is 16.6 Å². The Morgan fingerprint density at radius 3 is 2.27 bits per heavy atom. The summed E-state index contributed by atoms with van der Waals surface area (Å²) in [7, 11) is -2.25. The van der Waals surface area contributed by atoms with Crippen LogP contribution in [0.15, 0.2) is 90.0 Å². The molecule has 0 saturated heterocycles. The van der Waals surface area contributed by atoms with E-state index in [1.165, 1.54) is 43.4 Å². The Balaban J connectivity index is 1.58. The van der Waals surface area contributed by atoms with Gasteiger partial charge in [0.15, 0.2) is 0 Å². The molecule has 0 saturated carbocycles. The Bertz CT molecular complexity index is 1370.